The molecule has 1 heterocycles. The maximum atomic E-state index is 10.8. The molecular formula is C15H21N3O2. The van der Waals surface area contributed by atoms with Crippen LogP contribution in [-0.2, 0) is 6.54 Å². The van der Waals surface area contributed by atoms with E-state index >= 15 is 0 Å². The Balaban J connectivity index is 2.05. The zero-order chi connectivity index (χ0) is 14.8. The largest absolute Gasteiger partial charge is 0.465 e. The Hall–Kier alpha value is -2.04. The van der Waals surface area contributed by atoms with Gasteiger partial charge in [0.2, 0.25) is 0 Å². The van der Waals surface area contributed by atoms with Crippen LogP contribution < -0.4 is 5.32 Å². The van der Waals surface area contributed by atoms with E-state index in [4.69, 9.17) is 5.11 Å². The first-order valence-corrected chi connectivity index (χ1v) is 6.69. The number of aliphatic imine (C=N–C) groups is 1. The molecule has 1 amide bonds. The third-order valence-electron chi connectivity index (χ3n) is 3.37. The molecule has 0 radical (unpaired) electrons. The zero-order valence-corrected chi connectivity index (χ0v) is 12.2. The van der Waals surface area contributed by atoms with Gasteiger partial charge >= 0.3 is 6.09 Å². The summed E-state index contributed by atoms with van der Waals surface area (Å²) in [6.45, 7) is 6.49. The Morgan fingerprint density at radius 2 is 2.05 bits per heavy atom. The summed E-state index contributed by atoms with van der Waals surface area (Å²) in [4.78, 5) is 16.6. The second-order valence-electron chi connectivity index (χ2n) is 6.02. The predicted molar refractivity (Wildman–Crippen MR) is 79.1 cm³/mol. The van der Waals surface area contributed by atoms with Gasteiger partial charge in [-0.25, -0.2) is 4.79 Å². The van der Waals surface area contributed by atoms with Crippen LogP contribution in [0.5, 0.6) is 0 Å². The van der Waals surface area contributed by atoms with Crippen LogP contribution in [0.2, 0.25) is 0 Å². The van der Waals surface area contributed by atoms with Gasteiger partial charge in [0.25, 0.3) is 0 Å². The molecule has 0 spiro atoms. The standard InChI is InChI=1S/C15H21N3O2/c1-15(2)9-16-13(17-10-15)12-6-4-11(5-7-12)8-18(3)14(19)20/h4-7H,8-10H2,1-3H3,(H,16,17)(H,19,20). The lowest BCUT2D eigenvalue weighted by Gasteiger charge is -2.29. The van der Waals surface area contributed by atoms with Crippen LogP contribution >= 0.6 is 0 Å². The molecule has 0 saturated heterocycles. The van der Waals surface area contributed by atoms with E-state index in [9.17, 15) is 4.79 Å². The highest BCUT2D eigenvalue weighted by molar-refractivity contribution is 5.99. The number of nitrogens with one attached hydrogen (secondary N) is 1. The van der Waals surface area contributed by atoms with Crippen molar-refractivity contribution in [3.05, 3.63) is 35.4 Å². The Bertz CT molecular complexity index is 520. The summed E-state index contributed by atoms with van der Waals surface area (Å²) in [5.41, 5.74) is 2.21. The number of carbonyl (C=O) groups is 1. The Morgan fingerprint density at radius 3 is 2.55 bits per heavy atom. The van der Waals surface area contributed by atoms with Crippen molar-refractivity contribution < 1.29 is 9.90 Å². The van der Waals surface area contributed by atoms with E-state index in [0.29, 0.717) is 6.54 Å². The van der Waals surface area contributed by atoms with Crippen molar-refractivity contribution in [3.8, 4) is 0 Å². The molecular weight excluding hydrogens is 254 g/mol. The summed E-state index contributed by atoms with van der Waals surface area (Å²) in [6.07, 6.45) is -0.922. The molecule has 1 aliphatic heterocycles. The Kier molecular flexibility index (Phi) is 3.97. The number of benzene rings is 1. The van der Waals surface area contributed by atoms with Crippen molar-refractivity contribution in [3.63, 3.8) is 0 Å². The molecule has 5 nitrogen and oxygen atoms in total. The second kappa shape index (κ2) is 5.53. The van der Waals surface area contributed by atoms with Gasteiger partial charge in [0, 0.05) is 37.7 Å². The molecule has 0 bridgehead atoms. The molecule has 0 atom stereocenters. The van der Waals surface area contributed by atoms with Gasteiger partial charge in [-0.2, -0.15) is 0 Å². The highest BCUT2D eigenvalue weighted by Gasteiger charge is 2.22. The number of amidine groups is 1. The number of amides is 1. The molecule has 0 fully saturated rings. The van der Waals surface area contributed by atoms with E-state index in [2.05, 4.69) is 24.2 Å². The molecule has 1 aliphatic rings. The minimum atomic E-state index is -0.922. The molecule has 0 aromatic heterocycles. The number of hydrogen-bond acceptors (Lipinski definition) is 3. The number of hydrogen-bond donors (Lipinski definition) is 2. The highest BCUT2D eigenvalue weighted by Crippen LogP contribution is 2.18. The molecule has 1 aromatic rings. The van der Waals surface area contributed by atoms with Crippen molar-refractivity contribution in [2.75, 3.05) is 20.1 Å². The maximum absolute atomic E-state index is 10.8. The van der Waals surface area contributed by atoms with Crippen molar-refractivity contribution in [1.82, 2.24) is 10.2 Å². The first kappa shape index (κ1) is 14.4. The van der Waals surface area contributed by atoms with Crippen LogP contribution in [-0.4, -0.2) is 42.1 Å². The van der Waals surface area contributed by atoms with E-state index in [1.165, 1.54) is 4.90 Å². The van der Waals surface area contributed by atoms with E-state index < -0.39 is 6.09 Å². The van der Waals surface area contributed by atoms with Crippen LogP contribution in [0.25, 0.3) is 0 Å². The number of carboxylic acid groups (broad SMARTS) is 1. The second-order valence-corrected chi connectivity index (χ2v) is 6.02. The summed E-state index contributed by atoms with van der Waals surface area (Å²) in [5, 5.41) is 12.2. The first-order chi connectivity index (χ1) is 9.37. The summed E-state index contributed by atoms with van der Waals surface area (Å²) in [6, 6.07) is 7.85. The molecule has 5 heteroatoms. The van der Waals surface area contributed by atoms with Crippen molar-refractivity contribution in [2.45, 2.75) is 20.4 Å². The summed E-state index contributed by atoms with van der Waals surface area (Å²) >= 11 is 0. The molecule has 108 valence electrons. The van der Waals surface area contributed by atoms with Gasteiger partial charge < -0.3 is 15.3 Å². The minimum Gasteiger partial charge on any atom is -0.465 e. The lowest BCUT2D eigenvalue weighted by molar-refractivity contribution is 0.154. The van der Waals surface area contributed by atoms with E-state index in [0.717, 1.165) is 30.1 Å². The van der Waals surface area contributed by atoms with Gasteiger partial charge in [-0.15, -0.1) is 0 Å². The average Bonchev–Trinajstić information content (AvgIpc) is 2.39. The predicted octanol–water partition coefficient (Wildman–Crippen LogP) is 2.17. The van der Waals surface area contributed by atoms with Gasteiger partial charge in [-0.05, 0) is 5.56 Å². The van der Waals surface area contributed by atoms with Crippen LogP contribution in [0.15, 0.2) is 29.3 Å². The SMILES string of the molecule is CN(Cc1ccc(C2=NCC(C)(C)CN2)cc1)C(=O)O. The molecule has 0 unspecified atom stereocenters. The van der Waals surface area contributed by atoms with Crippen LogP contribution in [0.4, 0.5) is 4.79 Å². The van der Waals surface area contributed by atoms with Gasteiger partial charge in [-0.3, -0.25) is 4.99 Å². The minimum absolute atomic E-state index is 0.202. The fraction of sp³-hybridized carbons (Fsp3) is 0.467. The average molecular weight is 275 g/mol. The van der Waals surface area contributed by atoms with Gasteiger partial charge in [-0.1, -0.05) is 38.1 Å². The topological polar surface area (TPSA) is 64.9 Å². The molecule has 0 saturated carbocycles. The molecule has 2 rings (SSSR count). The Morgan fingerprint density at radius 1 is 1.40 bits per heavy atom. The van der Waals surface area contributed by atoms with E-state index in [-0.39, 0.29) is 5.41 Å². The third-order valence-corrected chi connectivity index (χ3v) is 3.37. The zero-order valence-electron chi connectivity index (χ0n) is 12.2. The van der Waals surface area contributed by atoms with Crippen LogP contribution in [0.1, 0.15) is 25.0 Å². The number of rotatable bonds is 3. The molecule has 2 N–H and O–H groups in total. The lowest BCUT2D eigenvalue weighted by atomic mass is 9.92. The summed E-state index contributed by atoms with van der Waals surface area (Å²) in [7, 11) is 1.56. The Labute approximate surface area is 119 Å². The highest BCUT2D eigenvalue weighted by atomic mass is 16.4. The van der Waals surface area contributed by atoms with Crippen molar-refractivity contribution in [1.29, 1.82) is 0 Å². The monoisotopic (exact) mass is 275 g/mol. The number of nitrogens with zero attached hydrogens (tertiary/aromatic N) is 2. The van der Waals surface area contributed by atoms with E-state index in [1.807, 2.05) is 24.3 Å². The smallest absolute Gasteiger partial charge is 0.407 e. The molecule has 20 heavy (non-hydrogen) atoms. The fourth-order valence-electron chi connectivity index (χ4n) is 2.03. The summed E-state index contributed by atoms with van der Waals surface area (Å²) < 4.78 is 0. The maximum Gasteiger partial charge on any atom is 0.407 e. The van der Waals surface area contributed by atoms with E-state index in [1.54, 1.807) is 7.05 Å². The van der Waals surface area contributed by atoms with Crippen molar-refractivity contribution >= 4 is 11.9 Å². The first-order valence-electron chi connectivity index (χ1n) is 6.69. The molecule has 1 aromatic carbocycles. The fourth-order valence-corrected chi connectivity index (χ4v) is 2.03. The van der Waals surface area contributed by atoms with Crippen LogP contribution in [0.3, 0.4) is 0 Å². The van der Waals surface area contributed by atoms with Crippen molar-refractivity contribution in [2.24, 2.45) is 10.4 Å². The third kappa shape index (κ3) is 3.50. The van der Waals surface area contributed by atoms with Crippen LogP contribution in [0, 0.1) is 5.41 Å². The summed E-state index contributed by atoms with van der Waals surface area (Å²) in [5.74, 6) is 0.919. The quantitative estimate of drug-likeness (QED) is 0.888. The van der Waals surface area contributed by atoms with Gasteiger partial charge in [0.05, 0.1) is 0 Å². The van der Waals surface area contributed by atoms with Gasteiger partial charge in [0.1, 0.15) is 5.84 Å². The molecule has 0 aliphatic carbocycles. The van der Waals surface area contributed by atoms with Gasteiger partial charge in [0.15, 0.2) is 0 Å². The normalized spacial score (nSPS) is 17.1. The lowest BCUT2D eigenvalue weighted by Crippen LogP contribution is -2.41.